The summed E-state index contributed by atoms with van der Waals surface area (Å²) in [6.45, 7) is 4.67. The summed E-state index contributed by atoms with van der Waals surface area (Å²) >= 11 is 0. The third-order valence-electron chi connectivity index (χ3n) is 16.8. The second-order valence-electron chi connectivity index (χ2n) is 26.6. The number of ether oxygens (including phenoxy) is 4. The van der Waals surface area contributed by atoms with Gasteiger partial charge in [-0.05, 0) is 57.8 Å². The molecule has 0 aromatic rings. The molecular formula is C78H143NO8. The maximum atomic E-state index is 12.9. The average Bonchev–Trinajstić information content (AvgIpc) is 3.50. The smallest absolute Gasteiger partial charge is 0.306 e. The molecule has 0 aromatic carbocycles. The number of carboxylic acids is 1. The van der Waals surface area contributed by atoms with Gasteiger partial charge in [0, 0.05) is 12.8 Å². The van der Waals surface area contributed by atoms with E-state index in [9.17, 15) is 19.5 Å². The van der Waals surface area contributed by atoms with Crippen LogP contribution in [0.15, 0.2) is 60.8 Å². The van der Waals surface area contributed by atoms with Crippen molar-refractivity contribution in [1.82, 2.24) is 0 Å². The average molecular weight is 1220 g/mol. The highest BCUT2D eigenvalue weighted by molar-refractivity contribution is 5.70. The minimum atomic E-state index is -1.63. The minimum absolute atomic E-state index is 0.145. The number of unbranched alkanes of at least 4 members (excludes halogenated alkanes) is 45. The molecular weight excluding hydrogens is 1080 g/mol. The normalized spacial score (nSPS) is 13.0. The second kappa shape index (κ2) is 68.9. The Morgan fingerprint density at radius 3 is 0.977 bits per heavy atom. The summed E-state index contributed by atoms with van der Waals surface area (Å²) in [6, 6.07) is 0. The molecule has 0 fully saturated rings. The zero-order valence-electron chi connectivity index (χ0n) is 58.2. The summed E-state index contributed by atoms with van der Waals surface area (Å²) in [4.78, 5) is 37.5. The van der Waals surface area contributed by atoms with E-state index in [1.807, 2.05) is 21.1 Å². The van der Waals surface area contributed by atoms with Crippen molar-refractivity contribution < 1.29 is 42.9 Å². The number of aliphatic carboxylic acids is 1. The molecule has 0 heterocycles. The van der Waals surface area contributed by atoms with Crippen LogP contribution in [-0.4, -0.2) is 82.3 Å². The zero-order chi connectivity index (χ0) is 63.3. The molecule has 0 amide bonds. The number of allylic oxidation sites excluding steroid dienone is 10. The summed E-state index contributed by atoms with van der Waals surface area (Å²) in [6.07, 6.45) is 87.7. The quantitative estimate of drug-likeness (QED) is 0.0195. The van der Waals surface area contributed by atoms with Crippen LogP contribution in [0.2, 0.25) is 0 Å². The minimum Gasteiger partial charge on any atom is -0.545 e. The molecule has 0 aliphatic carbocycles. The van der Waals surface area contributed by atoms with Crippen LogP contribution in [0, 0.1) is 0 Å². The largest absolute Gasteiger partial charge is 0.545 e. The number of hydrogen-bond donors (Lipinski definition) is 0. The van der Waals surface area contributed by atoms with Gasteiger partial charge >= 0.3 is 11.9 Å². The van der Waals surface area contributed by atoms with Crippen LogP contribution in [0.4, 0.5) is 0 Å². The predicted molar refractivity (Wildman–Crippen MR) is 371 cm³/mol. The molecule has 0 aliphatic rings. The van der Waals surface area contributed by atoms with Gasteiger partial charge < -0.3 is 33.3 Å². The van der Waals surface area contributed by atoms with E-state index in [1.165, 1.54) is 250 Å². The fraction of sp³-hybridized carbons (Fsp3) is 0.833. The summed E-state index contributed by atoms with van der Waals surface area (Å²) < 4.78 is 22.8. The van der Waals surface area contributed by atoms with E-state index in [4.69, 9.17) is 18.9 Å². The van der Waals surface area contributed by atoms with E-state index in [-0.39, 0.29) is 32.2 Å². The highest BCUT2D eigenvalue weighted by Gasteiger charge is 2.22. The van der Waals surface area contributed by atoms with Crippen molar-refractivity contribution in [1.29, 1.82) is 0 Å². The van der Waals surface area contributed by atoms with Gasteiger partial charge in [-0.15, -0.1) is 0 Å². The molecule has 0 bridgehead atoms. The molecule has 2 atom stereocenters. The van der Waals surface area contributed by atoms with Crippen molar-refractivity contribution in [3.63, 3.8) is 0 Å². The van der Waals surface area contributed by atoms with Crippen molar-refractivity contribution in [2.75, 3.05) is 47.5 Å². The Morgan fingerprint density at radius 1 is 0.356 bits per heavy atom. The highest BCUT2D eigenvalue weighted by Crippen LogP contribution is 2.19. The molecule has 9 heteroatoms. The van der Waals surface area contributed by atoms with Crippen LogP contribution in [0.1, 0.15) is 361 Å². The predicted octanol–water partition coefficient (Wildman–Crippen LogP) is 22.1. The monoisotopic (exact) mass is 1220 g/mol. The Hall–Kier alpha value is -3.01. The van der Waals surface area contributed by atoms with E-state index in [0.29, 0.717) is 23.9 Å². The van der Waals surface area contributed by atoms with Gasteiger partial charge in [-0.1, -0.05) is 351 Å². The second-order valence-corrected chi connectivity index (χ2v) is 26.6. The fourth-order valence-corrected chi connectivity index (χ4v) is 11.1. The third kappa shape index (κ3) is 70.3. The van der Waals surface area contributed by atoms with Gasteiger partial charge in [-0.2, -0.15) is 0 Å². The first-order chi connectivity index (χ1) is 42.6. The molecule has 508 valence electrons. The maximum absolute atomic E-state index is 12.9. The number of carbonyl (C=O) groups excluding carboxylic acids is 3. The molecule has 0 rings (SSSR count). The Balaban J connectivity index is 3.97. The first-order valence-electron chi connectivity index (χ1n) is 37.4. The lowest BCUT2D eigenvalue weighted by Gasteiger charge is -2.26. The molecule has 0 radical (unpaired) electrons. The molecule has 0 aromatic heterocycles. The van der Waals surface area contributed by atoms with E-state index in [0.717, 1.165) is 77.0 Å². The first-order valence-corrected chi connectivity index (χ1v) is 37.4. The molecule has 2 unspecified atom stereocenters. The molecule has 0 spiro atoms. The topological polar surface area (TPSA) is 111 Å². The van der Waals surface area contributed by atoms with Crippen LogP contribution in [0.5, 0.6) is 0 Å². The summed E-state index contributed by atoms with van der Waals surface area (Å²) in [5, 5.41) is 11.8. The molecule has 0 saturated carbocycles. The summed E-state index contributed by atoms with van der Waals surface area (Å²) in [7, 11) is 5.93. The molecule has 0 N–H and O–H groups in total. The van der Waals surface area contributed by atoms with Crippen molar-refractivity contribution in [3.8, 4) is 0 Å². The van der Waals surface area contributed by atoms with Crippen LogP contribution < -0.4 is 5.11 Å². The van der Waals surface area contributed by atoms with Gasteiger partial charge in [0.25, 0.3) is 0 Å². The van der Waals surface area contributed by atoms with Crippen molar-refractivity contribution in [2.24, 2.45) is 0 Å². The van der Waals surface area contributed by atoms with Gasteiger partial charge in [0.1, 0.15) is 13.2 Å². The van der Waals surface area contributed by atoms with E-state index < -0.39 is 24.3 Å². The van der Waals surface area contributed by atoms with E-state index in [1.54, 1.807) is 0 Å². The van der Waals surface area contributed by atoms with Crippen molar-refractivity contribution in [2.45, 2.75) is 373 Å². The fourth-order valence-electron chi connectivity index (χ4n) is 11.1. The number of carboxylic acid groups (broad SMARTS) is 1. The molecule has 0 saturated heterocycles. The van der Waals surface area contributed by atoms with Gasteiger partial charge in [0.15, 0.2) is 12.4 Å². The number of esters is 2. The lowest BCUT2D eigenvalue weighted by molar-refractivity contribution is -0.870. The van der Waals surface area contributed by atoms with Crippen LogP contribution in [-0.2, 0) is 33.3 Å². The zero-order valence-corrected chi connectivity index (χ0v) is 58.2. The molecule has 9 nitrogen and oxygen atoms in total. The standard InChI is InChI=1S/C78H143NO8/c1-6-8-10-12-14-16-18-20-22-24-26-28-30-31-32-33-34-35-36-37-38-39-40-41-42-43-44-45-47-48-50-52-54-56-58-60-62-64-66-68-75(80)85-72-74(73-86-78(77(82)83)84-71-70-79(3,4)5)87-76(81)69-67-65-63-61-59-57-55-53-51-49-46-29-27-25-23-21-19-17-15-13-11-9-7-2/h9,11,15,17,21,23,27,29,49,51,74,78H,6-8,10,12-14,16,18-20,22,24-26,28,30-48,50,52-73H2,1-5H3/b11-9-,17-15-,23-21-,29-27-,51-49-. The van der Waals surface area contributed by atoms with Gasteiger partial charge in [0.2, 0.25) is 0 Å². The van der Waals surface area contributed by atoms with Gasteiger partial charge in [-0.25, -0.2) is 0 Å². The molecule has 87 heavy (non-hydrogen) atoms. The Morgan fingerprint density at radius 2 is 0.655 bits per heavy atom. The molecule has 0 aliphatic heterocycles. The van der Waals surface area contributed by atoms with Crippen molar-refractivity contribution in [3.05, 3.63) is 60.8 Å². The maximum Gasteiger partial charge on any atom is 0.306 e. The van der Waals surface area contributed by atoms with Gasteiger partial charge in [-0.3, -0.25) is 9.59 Å². The highest BCUT2D eigenvalue weighted by atomic mass is 16.7. The number of quaternary nitrogens is 1. The Kier molecular flexibility index (Phi) is 66.5. The Labute approximate surface area is 539 Å². The van der Waals surface area contributed by atoms with E-state index in [2.05, 4.69) is 74.6 Å². The van der Waals surface area contributed by atoms with E-state index >= 15 is 0 Å². The SMILES string of the molecule is CC/C=C\C/C=C\C/C=C\C/C=C\C/C=C\CCCCCCCCCC(=O)OC(COC(=O)CCCCCCCCCCCCCCCCCCCCCCCCCCCCCCCCCCCCCCCCC)COC(OCC[N+](C)(C)C)C(=O)[O-]. The number of nitrogens with zero attached hydrogens (tertiary/aromatic N) is 1. The number of carbonyl (C=O) groups is 3. The number of hydrogen-bond acceptors (Lipinski definition) is 8. The Bertz CT molecular complexity index is 1610. The first kappa shape index (κ1) is 84.0. The lowest BCUT2D eigenvalue weighted by Crippen LogP contribution is -2.44. The number of rotatable bonds is 70. The number of likely N-dealkylation sites (N-methyl/N-ethyl adjacent to an activating group) is 1. The van der Waals surface area contributed by atoms with Crippen LogP contribution >= 0.6 is 0 Å². The third-order valence-corrected chi connectivity index (χ3v) is 16.8. The summed E-state index contributed by atoms with van der Waals surface area (Å²) in [5.41, 5.74) is 0. The summed E-state index contributed by atoms with van der Waals surface area (Å²) in [5.74, 6) is -2.28. The van der Waals surface area contributed by atoms with Crippen LogP contribution in [0.25, 0.3) is 0 Å². The van der Waals surface area contributed by atoms with Crippen molar-refractivity contribution >= 4 is 17.9 Å². The van der Waals surface area contributed by atoms with Gasteiger partial charge in [0.05, 0.1) is 40.3 Å². The lowest BCUT2D eigenvalue weighted by atomic mass is 10.0. The van der Waals surface area contributed by atoms with Crippen LogP contribution in [0.3, 0.4) is 0 Å².